The largest absolute Gasteiger partial charge is 0.383 e. The normalized spacial score (nSPS) is 11.3. The van der Waals surface area contributed by atoms with E-state index in [2.05, 4.69) is 10.0 Å². The van der Waals surface area contributed by atoms with Crippen LogP contribution in [0.25, 0.3) is 0 Å². The molecule has 25 heavy (non-hydrogen) atoms. The van der Waals surface area contributed by atoms with Crippen LogP contribution in [0.2, 0.25) is 5.02 Å². The molecular weight excluding hydrogens is 371 g/mol. The summed E-state index contributed by atoms with van der Waals surface area (Å²) in [6, 6.07) is 9.38. The summed E-state index contributed by atoms with van der Waals surface area (Å²) < 4.78 is 45.2. The molecule has 0 spiro atoms. The summed E-state index contributed by atoms with van der Waals surface area (Å²) >= 11 is 5.81. The summed E-state index contributed by atoms with van der Waals surface area (Å²) in [6.45, 7) is 0.253. The van der Waals surface area contributed by atoms with Crippen molar-refractivity contribution < 1.29 is 22.3 Å². The average molecular weight is 387 g/mol. The molecule has 6 nitrogen and oxygen atoms in total. The van der Waals surface area contributed by atoms with Gasteiger partial charge in [0.1, 0.15) is 5.82 Å². The molecule has 0 aliphatic carbocycles. The van der Waals surface area contributed by atoms with Gasteiger partial charge in [-0.3, -0.25) is 4.79 Å². The number of sulfonamides is 1. The van der Waals surface area contributed by atoms with Gasteiger partial charge < -0.3 is 10.1 Å². The Balaban J connectivity index is 2.15. The van der Waals surface area contributed by atoms with Crippen molar-refractivity contribution in [2.75, 3.05) is 25.6 Å². The van der Waals surface area contributed by atoms with Crippen molar-refractivity contribution in [1.82, 2.24) is 4.72 Å². The topological polar surface area (TPSA) is 84.5 Å². The van der Waals surface area contributed by atoms with E-state index >= 15 is 0 Å². The highest BCUT2D eigenvalue weighted by Crippen LogP contribution is 2.20. The van der Waals surface area contributed by atoms with Crippen LogP contribution in [0.5, 0.6) is 0 Å². The molecule has 2 aromatic carbocycles. The number of anilines is 1. The van der Waals surface area contributed by atoms with E-state index in [1.165, 1.54) is 31.4 Å². The monoisotopic (exact) mass is 386 g/mol. The third-order valence-corrected chi connectivity index (χ3v) is 4.88. The van der Waals surface area contributed by atoms with Gasteiger partial charge in [0.05, 0.1) is 17.2 Å². The van der Waals surface area contributed by atoms with Crippen molar-refractivity contribution in [3.05, 3.63) is 58.9 Å². The Bertz CT molecular complexity index is 874. The lowest BCUT2D eigenvalue weighted by molar-refractivity contribution is 0.102. The Kier molecular flexibility index (Phi) is 6.49. The fourth-order valence-corrected chi connectivity index (χ4v) is 3.16. The van der Waals surface area contributed by atoms with Crippen LogP contribution in [-0.2, 0) is 14.8 Å². The molecule has 0 radical (unpaired) electrons. The van der Waals surface area contributed by atoms with Gasteiger partial charge in [0.2, 0.25) is 10.0 Å². The second-order valence-electron chi connectivity index (χ2n) is 5.00. The van der Waals surface area contributed by atoms with Crippen LogP contribution in [0.3, 0.4) is 0 Å². The molecule has 0 heterocycles. The van der Waals surface area contributed by atoms with Crippen LogP contribution < -0.4 is 10.0 Å². The molecule has 0 fully saturated rings. The van der Waals surface area contributed by atoms with Gasteiger partial charge in [0, 0.05) is 24.2 Å². The first kappa shape index (κ1) is 19.3. The molecule has 0 saturated heterocycles. The highest BCUT2D eigenvalue weighted by atomic mass is 35.5. The molecule has 2 rings (SSSR count). The number of carbonyl (C=O) groups excluding carboxylic acids is 1. The number of methoxy groups -OCH3 is 1. The molecule has 2 N–H and O–H groups in total. The van der Waals surface area contributed by atoms with Crippen LogP contribution >= 0.6 is 11.6 Å². The number of benzene rings is 2. The van der Waals surface area contributed by atoms with Gasteiger partial charge in [-0.25, -0.2) is 17.5 Å². The van der Waals surface area contributed by atoms with E-state index in [1.807, 2.05) is 0 Å². The Labute approximate surface area is 150 Å². The molecular formula is C16H16ClFN2O4S. The zero-order chi connectivity index (χ0) is 18.4. The second-order valence-corrected chi connectivity index (χ2v) is 7.20. The molecule has 0 saturated carbocycles. The van der Waals surface area contributed by atoms with E-state index in [0.29, 0.717) is 5.02 Å². The first-order chi connectivity index (χ1) is 11.8. The lowest BCUT2D eigenvalue weighted by atomic mass is 10.2. The van der Waals surface area contributed by atoms with E-state index in [1.54, 1.807) is 12.1 Å². The predicted molar refractivity (Wildman–Crippen MR) is 92.9 cm³/mol. The first-order valence-corrected chi connectivity index (χ1v) is 9.04. The third kappa shape index (κ3) is 5.23. The van der Waals surface area contributed by atoms with Crippen LogP contribution in [-0.4, -0.2) is 34.6 Å². The Morgan fingerprint density at radius 2 is 2.00 bits per heavy atom. The molecule has 134 valence electrons. The lowest BCUT2D eigenvalue weighted by Gasteiger charge is -2.10. The summed E-state index contributed by atoms with van der Waals surface area (Å²) in [5.74, 6) is -1.43. The van der Waals surface area contributed by atoms with Gasteiger partial charge in [0.25, 0.3) is 5.91 Å². The van der Waals surface area contributed by atoms with Crippen LogP contribution in [0.15, 0.2) is 47.4 Å². The maximum absolute atomic E-state index is 14.2. The van der Waals surface area contributed by atoms with E-state index in [0.717, 1.165) is 6.07 Å². The van der Waals surface area contributed by atoms with E-state index in [9.17, 15) is 17.6 Å². The predicted octanol–water partition coefficient (Wildman–Crippen LogP) is 2.66. The third-order valence-electron chi connectivity index (χ3n) is 3.18. The highest BCUT2D eigenvalue weighted by molar-refractivity contribution is 7.89. The number of carbonyl (C=O) groups is 1. The number of ether oxygens (including phenoxy) is 1. The van der Waals surface area contributed by atoms with Gasteiger partial charge in [-0.1, -0.05) is 17.7 Å². The fourth-order valence-electron chi connectivity index (χ4n) is 1.95. The molecule has 0 aliphatic rings. The summed E-state index contributed by atoms with van der Waals surface area (Å²) in [5.41, 5.74) is 0.116. The number of halogens is 2. The van der Waals surface area contributed by atoms with E-state index < -0.39 is 21.7 Å². The maximum atomic E-state index is 14.2. The van der Waals surface area contributed by atoms with E-state index in [4.69, 9.17) is 16.3 Å². The van der Waals surface area contributed by atoms with Crippen molar-refractivity contribution in [2.45, 2.75) is 4.90 Å². The van der Waals surface area contributed by atoms with Crippen molar-refractivity contribution in [3.8, 4) is 0 Å². The molecule has 0 atom stereocenters. The minimum absolute atomic E-state index is 0.0632. The number of rotatable bonds is 7. The van der Waals surface area contributed by atoms with Gasteiger partial charge in [0.15, 0.2) is 0 Å². The van der Waals surface area contributed by atoms with E-state index in [-0.39, 0.29) is 29.3 Å². The molecule has 0 unspecified atom stereocenters. The summed E-state index contributed by atoms with van der Waals surface area (Å²) in [5, 5.41) is 2.75. The zero-order valence-electron chi connectivity index (χ0n) is 13.3. The maximum Gasteiger partial charge on any atom is 0.255 e. The molecule has 0 bridgehead atoms. The summed E-state index contributed by atoms with van der Waals surface area (Å²) in [7, 11) is -2.42. The number of hydrogen-bond donors (Lipinski definition) is 2. The number of hydrogen-bond acceptors (Lipinski definition) is 4. The van der Waals surface area contributed by atoms with Crippen LogP contribution in [0.1, 0.15) is 10.4 Å². The highest BCUT2D eigenvalue weighted by Gasteiger charge is 2.17. The van der Waals surface area contributed by atoms with Gasteiger partial charge in [-0.05, 0) is 36.4 Å². The van der Waals surface area contributed by atoms with Crippen LogP contribution in [0.4, 0.5) is 10.1 Å². The standard InChI is InChI=1S/C16H16ClFN2O4S/c1-24-8-7-19-25(22,23)13-5-6-15(14(18)10-13)20-16(21)11-3-2-4-12(17)9-11/h2-6,9-10,19H,7-8H2,1H3,(H,20,21). The SMILES string of the molecule is COCCNS(=O)(=O)c1ccc(NC(=O)c2cccc(Cl)c2)c(F)c1. The van der Waals surface area contributed by atoms with Gasteiger partial charge in [-0.2, -0.15) is 0 Å². The van der Waals surface area contributed by atoms with Crippen molar-refractivity contribution >= 4 is 33.2 Å². The van der Waals surface area contributed by atoms with Gasteiger partial charge >= 0.3 is 0 Å². The number of amides is 1. The zero-order valence-corrected chi connectivity index (χ0v) is 14.8. The smallest absolute Gasteiger partial charge is 0.255 e. The summed E-state index contributed by atoms with van der Waals surface area (Å²) in [4.78, 5) is 11.8. The lowest BCUT2D eigenvalue weighted by Crippen LogP contribution is -2.27. The second kappa shape index (κ2) is 8.39. The van der Waals surface area contributed by atoms with Crippen molar-refractivity contribution in [3.63, 3.8) is 0 Å². The van der Waals surface area contributed by atoms with Crippen molar-refractivity contribution in [2.24, 2.45) is 0 Å². The first-order valence-electron chi connectivity index (χ1n) is 7.18. The Hall–Kier alpha value is -2.00. The summed E-state index contributed by atoms with van der Waals surface area (Å²) in [6.07, 6.45) is 0. The molecule has 2 aromatic rings. The molecule has 9 heteroatoms. The fraction of sp³-hybridized carbons (Fsp3) is 0.188. The Morgan fingerprint density at radius 3 is 2.64 bits per heavy atom. The molecule has 1 amide bonds. The minimum atomic E-state index is -3.86. The minimum Gasteiger partial charge on any atom is -0.383 e. The van der Waals surface area contributed by atoms with Crippen molar-refractivity contribution in [1.29, 1.82) is 0 Å². The molecule has 0 aliphatic heterocycles. The molecule has 0 aromatic heterocycles. The number of nitrogens with one attached hydrogen (secondary N) is 2. The quantitative estimate of drug-likeness (QED) is 0.716. The van der Waals surface area contributed by atoms with Crippen LogP contribution in [0, 0.1) is 5.82 Å². The average Bonchev–Trinajstić information content (AvgIpc) is 2.56. The van der Waals surface area contributed by atoms with Gasteiger partial charge in [-0.15, -0.1) is 0 Å². The Morgan fingerprint density at radius 1 is 1.24 bits per heavy atom.